The van der Waals surface area contributed by atoms with Gasteiger partial charge in [0.05, 0.1) is 27.5 Å². The lowest BCUT2D eigenvalue weighted by molar-refractivity contribution is -0.139. The van der Waals surface area contributed by atoms with E-state index in [4.69, 9.17) is 25.8 Å². The summed E-state index contributed by atoms with van der Waals surface area (Å²) < 4.78 is 15.6. The van der Waals surface area contributed by atoms with E-state index in [0.29, 0.717) is 34.3 Å². The average Bonchev–Trinajstić information content (AvgIpc) is 2.73. The molecule has 2 amide bonds. The molecule has 0 aliphatic heterocycles. The Bertz CT molecular complexity index is 902. The van der Waals surface area contributed by atoms with Gasteiger partial charge in [-0.3, -0.25) is 9.59 Å². The number of hydrogen-bond donors (Lipinski definition) is 2. The highest BCUT2D eigenvalue weighted by molar-refractivity contribution is 6.35. The maximum atomic E-state index is 11.9. The van der Waals surface area contributed by atoms with E-state index in [1.54, 1.807) is 38.5 Å². The minimum Gasteiger partial charge on any atom is -0.496 e. The largest absolute Gasteiger partial charge is 0.496 e. The van der Waals surface area contributed by atoms with Crippen molar-refractivity contribution in [3.63, 3.8) is 0 Å². The molecule has 9 heteroatoms. The molecule has 0 radical (unpaired) electrons. The van der Waals surface area contributed by atoms with Gasteiger partial charge in [-0.05, 0) is 42.3 Å². The van der Waals surface area contributed by atoms with Gasteiger partial charge >= 0.3 is 11.8 Å². The number of rotatable bonds is 8. The Morgan fingerprint density at radius 2 is 1.66 bits per heavy atom. The first kappa shape index (κ1) is 22.0. The molecular weight excluding hydrogens is 398 g/mol. The molecule has 2 N–H and O–H groups in total. The molecule has 0 aliphatic rings. The zero-order valence-corrected chi connectivity index (χ0v) is 17.1. The number of ether oxygens (including phenoxy) is 3. The Balaban J connectivity index is 1.84. The lowest BCUT2D eigenvalue weighted by Gasteiger charge is -2.10. The number of amides is 2. The molecule has 0 fully saturated rings. The molecule has 0 heterocycles. The summed E-state index contributed by atoms with van der Waals surface area (Å²) >= 11 is 5.93. The van der Waals surface area contributed by atoms with Crippen LogP contribution in [0.5, 0.6) is 17.2 Å². The first-order valence-electron chi connectivity index (χ1n) is 8.64. The third-order valence-electron chi connectivity index (χ3n) is 3.91. The van der Waals surface area contributed by atoms with Gasteiger partial charge in [0.15, 0.2) is 11.5 Å². The average molecular weight is 420 g/mol. The Morgan fingerprint density at radius 3 is 2.34 bits per heavy atom. The quantitative estimate of drug-likeness (QED) is 0.388. The summed E-state index contributed by atoms with van der Waals surface area (Å²) in [6.07, 6.45) is 1.86. The molecule has 0 spiro atoms. The maximum absolute atomic E-state index is 11.9. The molecule has 0 saturated heterocycles. The minimum absolute atomic E-state index is 0.271. The van der Waals surface area contributed by atoms with Gasteiger partial charge < -0.3 is 19.5 Å². The number of carbonyl (C=O) groups excluding carboxylic acids is 2. The molecule has 29 heavy (non-hydrogen) atoms. The lowest BCUT2D eigenvalue weighted by atomic mass is 10.1. The van der Waals surface area contributed by atoms with Crippen LogP contribution >= 0.6 is 11.6 Å². The number of hydrogen-bond acceptors (Lipinski definition) is 6. The van der Waals surface area contributed by atoms with Crippen LogP contribution in [0.4, 0.5) is 0 Å². The third-order valence-corrected chi connectivity index (χ3v) is 4.15. The van der Waals surface area contributed by atoms with E-state index in [-0.39, 0.29) is 6.54 Å². The fourth-order valence-electron chi connectivity index (χ4n) is 2.45. The van der Waals surface area contributed by atoms with Crippen molar-refractivity contribution in [2.75, 3.05) is 27.9 Å². The van der Waals surface area contributed by atoms with Crippen LogP contribution in [0, 0.1) is 0 Å². The van der Waals surface area contributed by atoms with Crippen molar-refractivity contribution < 1.29 is 23.8 Å². The van der Waals surface area contributed by atoms with Crippen LogP contribution < -0.4 is 25.0 Å². The highest BCUT2D eigenvalue weighted by Crippen LogP contribution is 2.27. The first-order chi connectivity index (χ1) is 14.0. The summed E-state index contributed by atoms with van der Waals surface area (Å²) in [5, 5.41) is 6.79. The Morgan fingerprint density at radius 1 is 0.966 bits per heavy atom. The molecule has 0 bridgehead atoms. The molecule has 0 saturated carbocycles. The summed E-state index contributed by atoms with van der Waals surface area (Å²) in [6.45, 7) is 0.271. The smallest absolute Gasteiger partial charge is 0.329 e. The number of benzene rings is 2. The van der Waals surface area contributed by atoms with Gasteiger partial charge in [0.2, 0.25) is 0 Å². The van der Waals surface area contributed by atoms with E-state index in [0.717, 1.165) is 5.56 Å². The number of hydrazone groups is 1. The second-order valence-electron chi connectivity index (χ2n) is 5.78. The number of methoxy groups -OCH3 is 3. The molecule has 2 aromatic rings. The van der Waals surface area contributed by atoms with E-state index in [2.05, 4.69) is 15.8 Å². The van der Waals surface area contributed by atoms with E-state index >= 15 is 0 Å². The molecule has 8 nitrogen and oxygen atoms in total. The van der Waals surface area contributed by atoms with Crippen LogP contribution in [0.3, 0.4) is 0 Å². The van der Waals surface area contributed by atoms with Crippen molar-refractivity contribution in [2.24, 2.45) is 5.10 Å². The second kappa shape index (κ2) is 10.9. The Kier molecular flexibility index (Phi) is 8.29. The SMILES string of the molecule is COc1ccc(Cl)cc1/C=N\NC(=O)C(=O)NCCc1ccc(OC)c(OC)c1. The molecular formula is C20H22ClN3O5. The molecule has 154 valence electrons. The molecule has 0 aromatic heterocycles. The molecule has 0 aliphatic carbocycles. The van der Waals surface area contributed by atoms with Crippen LogP contribution in [0.15, 0.2) is 41.5 Å². The Labute approximate surface area is 173 Å². The van der Waals surface area contributed by atoms with Crippen molar-refractivity contribution >= 4 is 29.6 Å². The topological polar surface area (TPSA) is 98.2 Å². The van der Waals surface area contributed by atoms with Crippen molar-refractivity contribution in [1.82, 2.24) is 10.7 Å². The fourth-order valence-corrected chi connectivity index (χ4v) is 2.63. The third kappa shape index (κ3) is 6.39. The van der Waals surface area contributed by atoms with Crippen molar-refractivity contribution in [3.8, 4) is 17.2 Å². The van der Waals surface area contributed by atoms with E-state index in [1.165, 1.54) is 13.3 Å². The fraction of sp³-hybridized carbons (Fsp3) is 0.250. The summed E-state index contributed by atoms with van der Waals surface area (Å²) in [5.41, 5.74) is 3.66. The highest BCUT2D eigenvalue weighted by atomic mass is 35.5. The van der Waals surface area contributed by atoms with Crippen molar-refractivity contribution in [1.29, 1.82) is 0 Å². The number of nitrogens with one attached hydrogen (secondary N) is 2. The number of carbonyl (C=O) groups is 2. The van der Waals surface area contributed by atoms with E-state index in [9.17, 15) is 9.59 Å². The van der Waals surface area contributed by atoms with Crippen LogP contribution in [0.1, 0.15) is 11.1 Å². The molecule has 0 atom stereocenters. The van der Waals surface area contributed by atoms with Gasteiger partial charge in [-0.2, -0.15) is 5.10 Å². The van der Waals surface area contributed by atoms with Gasteiger partial charge in [-0.25, -0.2) is 5.43 Å². The standard InChI is InChI=1S/C20H22ClN3O5/c1-27-16-7-5-15(21)11-14(16)12-23-24-20(26)19(25)22-9-8-13-4-6-17(28-2)18(10-13)29-3/h4-7,10-12H,8-9H2,1-3H3,(H,22,25)(H,24,26)/b23-12-. The minimum atomic E-state index is -0.880. The predicted octanol–water partition coefficient (Wildman–Crippen LogP) is 2.17. The first-order valence-corrected chi connectivity index (χ1v) is 9.02. The van der Waals surface area contributed by atoms with Crippen LogP contribution in [0.25, 0.3) is 0 Å². The van der Waals surface area contributed by atoms with Gasteiger partial charge in [0, 0.05) is 17.1 Å². The number of halogens is 1. The zero-order valence-electron chi connectivity index (χ0n) is 16.3. The maximum Gasteiger partial charge on any atom is 0.329 e. The lowest BCUT2D eigenvalue weighted by Crippen LogP contribution is -2.38. The van der Waals surface area contributed by atoms with Gasteiger partial charge in [0.25, 0.3) is 0 Å². The van der Waals surface area contributed by atoms with Crippen LogP contribution in [-0.2, 0) is 16.0 Å². The number of nitrogens with zero attached hydrogens (tertiary/aromatic N) is 1. The van der Waals surface area contributed by atoms with Crippen LogP contribution in [-0.4, -0.2) is 45.9 Å². The van der Waals surface area contributed by atoms with Gasteiger partial charge in [0.1, 0.15) is 5.75 Å². The zero-order chi connectivity index (χ0) is 21.2. The second-order valence-corrected chi connectivity index (χ2v) is 6.22. The normalized spacial score (nSPS) is 10.5. The summed E-state index contributed by atoms with van der Waals surface area (Å²) in [5.74, 6) is 0.0794. The molecule has 0 unspecified atom stereocenters. The highest BCUT2D eigenvalue weighted by Gasteiger charge is 2.12. The van der Waals surface area contributed by atoms with Crippen molar-refractivity contribution in [3.05, 3.63) is 52.5 Å². The molecule has 2 rings (SSSR count). The summed E-state index contributed by atoms with van der Waals surface area (Å²) in [4.78, 5) is 23.7. The Hall–Kier alpha value is -3.26. The van der Waals surface area contributed by atoms with E-state index < -0.39 is 11.8 Å². The van der Waals surface area contributed by atoms with Crippen LogP contribution in [0.2, 0.25) is 5.02 Å². The molecule has 2 aromatic carbocycles. The van der Waals surface area contributed by atoms with Crippen molar-refractivity contribution in [2.45, 2.75) is 6.42 Å². The van der Waals surface area contributed by atoms with Gasteiger partial charge in [-0.1, -0.05) is 17.7 Å². The van der Waals surface area contributed by atoms with E-state index in [1.807, 2.05) is 12.1 Å². The summed E-state index contributed by atoms with van der Waals surface area (Å²) in [7, 11) is 4.61. The monoisotopic (exact) mass is 419 g/mol. The van der Waals surface area contributed by atoms with Gasteiger partial charge in [-0.15, -0.1) is 0 Å². The predicted molar refractivity (Wildman–Crippen MR) is 110 cm³/mol. The summed E-state index contributed by atoms with van der Waals surface area (Å²) in [6, 6.07) is 10.4.